The lowest BCUT2D eigenvalue weighted by Gasteiger charge is -2.61. The monoisotopic (exact) mass is 503 g/mol. The maximum atomic E-state index is 14.2. The molecule has 0 spiro atoms. The van der Waals surface area contributed by atoms with E-state index in [-0.39, 0.29) is 42.0 Å². The van der Waals surface area contributed by atoms with E-state index in [1.807, 2.05) is 0 Å². The third-order valence-electron chi connectivity index (χ3n) is 10.9. The minimum atomic E-state index is -4.06. The topological polar surface area (TPSA) is 83.5 Å². The van der Waals surface area contributed by atoms with E-state index in [4.69, 9.17) is 4.55 Å². The highest BCUT2D eigenvalue weighted by molar-refractivity contribution is 7.85. The van der Waals surface area contributed by atoms with Crippen molar-refractivity contribution in [2.45, 2.75) is 97.3 Å². The molecule has 4 aliphatic carbocycles. The molecule has 4 saturated carbocycles. The first-order chi connectivity index (χ1) is 15.8. The van der Waals surface area contributed by atoms with Gasteiger partial charge in [0.1, 0.15) is 0 Å². The molecular formula is C26H43F2NO4S. The van der Waals surface area contributed by atoms with E-state index in [0.717, 1.165) is 32.1 Å². The zero-order chi connectivity index (χ0) is 24.9. The number of carbonyl (C=O) groups is 1. The quantitative estimate of drug-likeness (QED) is 0.437. The van der Waals surface area contributed by atoms with E-state index in [2.05, 4.69) is 26.1 Å². The van der Waals surface area contributed by atoms with Gasteiger partial charge in [-0.25, -0.2) is 8.78 Å². The van der Waals surface area contributed by atoms with Gasteiger partial charge >= 0.3 is 0 Å². The van der Waals surface area contributed by atoms with Crippen LogP contribution in [0.4, 0.5) is 8.78 Å². The summed E-state index contributed by atoms with van der Waals surface area (Å²) in [7, 11) is -4.06. The van der Waals surface area contributed by atoms with Crippen molar-refractivity contribution in [1.82, 2.24) is 5.32 Å². The number of rotatable bonds is 7. The molecule has 0 bridgehead atoms. The van der Waals surface area contributed by atoms with Crippen molar-refractivity contribution < 1.29 is 26.5 Å². The van der Waals surface area contributed by atoms with Gasteiger partial charge in [-0.3, -0.25) is 9.35 Å². The molecule has 2 N–H and O–H groups in total. The first kappa shape index (κ1) is 26.3. The predicted molar refractivity (Wildman–Crippen MR) is 128 cm³/mol. The fourth-order valence-electron chi connectivity index (χ4n) is 9.12. The van der Waals surface area contributed by atoms with Crippen LogP contribution < -0.4 is 5.32 Å². The Kier molecular flexibility index (Phi) is 7.18. The molecule has 0 aromatic rings. The van der Waals surface area contributed by atoms with Gasteiger partial charge in [-0.15, -0.1) is 0 Å². The second-order valence-electron chi connectivity index (χ2n) is 12.6. The molecule has 196 valence electrons. The van der Waals surface area contributed by atoms with Crippen LogP contribution in [-0.4, -0.2) is 37.1 Å². The lowest BCUT2D eigenvalue weighted by Crippen LogP contribution is -2.55. The van der Waals surface area contributed by atoms with Crippen LogP contribution in [0.3, 0.4) is 0 Å². The number of hydrogen-bond donors (Lipinski definition) is 2. The lowest BCUT2D eigenvalue weighted by molar-refractivity contribution is -0.164. The number of fused-ring (bicyclic) bond motifs is 5. The second-order valence-corrected chi connectivity index (χ2v) is 14.2. The largest absolute Gasteiger partial charge is 0.355 e. The van der Waals surface area contributed by atoms with E-state index in [1.54, 1.807) is 0 Å². The Labute approximate surface area is 204 Å². The minimum Gasteiger partial charge on any atom is -0.355 e. The van der Waals surface area contributed by atoms with E-state index in [1.165, 1.54) is 12.8 Å². The summed E-state index contributed by atoms with van der Waals surface area (Å²) in [5.41, 5.74) is 0.319. The Bertz CT molecular complexity index is 880. The van der Waals surface area contributed by atoms with Gasteiger partial charge in [-0.1, -0.05) is 20.8 Å². The zero-order valence-electron chi connectivity index (χ0n) is 21.0. The van der Waals surface area contributed by atoms with Crippen molar-refractivity contribution >= 4 is 16.0 Å². The van der Waals surface area contributed by atoms with Crippen LogP contribution in [0.25, 0.3) is 0 Å². The summed E-state index contributed by atoms with van der Waals surface area (Å²) in [6.07, 6.45) is 8.68. The van der Waals surface area contributed by atoms with E-state index in [9.17, 15) is 22.0 Å². The molecule has 1 amide bonds. The molecule has 8 atom stereocenters. The Morgan fingerprint density at radius 2 is 1.74 bits per heavy atom. The molecule has 0 heterocycles. The third kappa shape index (κ3) is 5.05. The van der Waals surface area contributed by atoms with E-state index >= 15 is 0 Å². The van der Waals surface area contributed by atoms with Crippen LogP contribution in [0, 0.1) is 46.3 Å². The van der Waals surface area contributed by atoms with Gasteiger partial charge in [0.05, 0.1) is 5.75 Å². The van der Waals surface area contributed by atoms with Gasteiger partial charge in [-0.05, 0) is 97.7 Å². The van der Waals surface area contributed by atoms with Crippen molar-refractivity contribution in [2.75, 3.05) is 12.3 Å². The number of amides is 1. The van der Waals surface area contributed by atoms with Crippen LogP contribution >= 0.6 is 0 Å². The SMILES string of the molecule is CC(CCC(=O)NCCS(=O)(=O)O)C1CCC2C3CCC4CC(F)(F)CCC4(C)C3CCC12C. The molecule has 8 unspecified atom stereocenters. The maximum absolute atomic E-state index is 14.2. The van der Waals surface area contributed by atoms with Crippen LogP contribution in [0.2, 0.25) is 0 Å². The number of hydrogen-bond acceptors (Lipinski definition) is 3. The average Bonchev–Trinajstić information content (AvgIpc) is 3.09. The highest BCUT2D eigenvalue weighted by Gasteiger charge is 2.62. The van der Waals surface area contributed by atoms with Gasteiger partial charge in [0.2, 0.25) is 11.8 Å². The number of alkyl halides is 2. The summed E-state index contributed by atoms with van der Waals surface area (Å²) in [6, 6.07) is 0. The van der Waals surface area contributed by atoms with Crippen LogP contribution in [0.5, 0.6) is 0 Å². The van der Waals surface area contributed by atoms with Crippen molar-refractivity contribution in [3.05, 3.63) is 0 Å². The van der Waals surface area contributed by atoms with Crippen LogP contribution in [-0.2, 0) is 14.9 Å². The molecule has 8 heteroatoms. The van der Waals surface area contributed by atoms with Crippen LogP contribution in [0.15, 0.2) is 0 Å². The standard InChI is InChI=1S/C26H43F2NO4S/c1-17(4-9-23(30)29-14-15-34(31,32)33)20-7-8-21-19-6-5-18-16-26(27,28)13-12-24(18,2)22(19)10-11-25(20,21)3/h17-22H,4-16H2,1-3H3,(H,29,30)(H,31,32,33). The minimum absolute atomic E-state index is 0.0527. The molecule has 0 aromatic heterocycles. The first-order valence-electron chi connectivity index (χ1n) is 13.3. The molecule has 0 radical (unpaired) electrons. The smallest absolute Gasteiger partial charge is 0.266 e. The molecule has 5 nitrogen and oxygen atoms in total. The number of nitrogens with one attached hydrogen (secondary N) is 1. The summed E-state index contributed by atoms with van der Waals surface area (Å²) in [5, 5.41) is 2.59. The Morgan fingerprint density at radius 1 is 1.03 bits per heavy atom. The Morgan fingerprint density at radius 3 is 2.44 bits per heavy atom. The van der Waals surface area contributed by atoms with Gasteiger partial charge in [0, 0.05) is 25.8 Å². The Hall–Kier alpha value is -0.760. The highest BCUT2D eigenvalue weighted by atomic mass is 32.2. The molecule has 0 aromatic carbocycles. The fraction of sp³-hybridized carbons (Fsp3) is 0.962. The molecule has 4 aliphatic rings. The zero-order valence-corrected chi connectivity index (χ0v) is 21.8. The summed E-state index contributed by atoms with van der Waals surface area (Å²) in [6.45, 7) is 6.96. The number of carbonyl (C=O) groups excluding carboxylic acids is 1. The van der Waals surface area contributed by atoms with Crippen LogP contribution in [0.1, 0.15) is 91.4 Å². The molecule has 4 fully saturated rings. The highest BCUT2D eigenvalue weighted by Crippen LogP contribution is 2.69. The molecule has 0 aliphatic heterocycles. The lowest BCUT2D eigenvalue weighted by atomic mass is 9.44. The molecule has 0 saturated heterocycles. The van der Waals surface area contributed by atoms with Gasteiger partial charge < -0.3 is 5.32 Å². The molecule has 34 heavy (non-hydrogen) atoms. The van der Waals surface area contributed by atoms with E-state index < -0.39 is 21.8 Å². The summed E-state index contributed by atoms with van der Waals surface area (Å²) < 4.78 is 58.8. The average molecular weight is 504 g/mol. The van der Waals surface area contributed by atoms with Gasteiger partial charge in [0.25, 0.3) is 10.1 Å². The first-order valence-corrected chi connectivity index (χ1v) is 15.0. The van der Waals surface area contributed by atoms with Crippen molar-refractivity contribution in [1.29, 1.82) is 0 Å². The van der Waals surface area contributed by atoms with Crippen molar-refractivity contribution in [3.8, 4) is 0 Å². The summed E-state index contributed by atoms with van der Waals surface area (Å²) in [4.78, 5) is 12.2. The fourth-order valence-corrected chi connectivity index (χ4v) is 9.48. The summed E-state index contributed by atoms with van der Waals surface area (Å²) in [5.74, 6) is -0.108. The van der Waals surface area contributed by atoms with Gasteiger partial charge in [-0.2, -0.15) is 8.42 Å². The molecular weight excluding hydrogens is 460 g/mol. The number of halogens is 2. The third-order valence-corrected chi connectivity index (χ3v) is 11.6. The van der Waals surface area contributed by atoms with Crippen molar-refractivity contribution in [2.24, 2.45) is 46.3 Å². The predicted octanol–water partition coefficient (Wildman–Crippen LogP) is 5.70. The van der Waals surface area contributed by atoms with E-state index in [0.29, 0.717) is 42.4 Å². The second kappa shape index (κ2) is 9.28. The molecule has 4 rings (SSSR count). The van der Waals surface area contributed by atoms with Crippen molar-refractivity contribution in [3.63, 3.8) is 0 Å². The Balaban J connectivity index is 1.36. The normalized spacial score (nSPS) is 42.2. The summed E-state index contributed by atoms with van der Waals surface area (Å²) >= 11 is 0. The van der Waals surface area contributed by atoms with Gasteiger partial charge in [0.15, 0.2) is 0 Å². The maximum Gasteiger partial charge on any atom is 0.266 e.